The minimum Gasteiger partial charge on any atom is -0.355 e. The fraction of sp³-hybridized carbons (Fsp3) is 0.267. The van der Waals surface area contributed by atoms with Crippen molar-refractivity contribution in [2.75, 3.05) is 19.6 Å². The number of carbonyl (C=O) groups is 2. The van der Waals surface area contributed by atoms with E-state index in [0.717, 1.165) is 4.88 Å². The summed E-state index contributed by atoms with van der Waals surface area (Å²) in [4.78, 5) is 24.6. The van der Waals surface area contributed by atoms with Gasteiger partial charge in [0, 0.05) is 19.2 Å². The van der Waals surface area contributed by atoms with Gasteiger partial charge >= 0.3 is 0 Å². The summed E-state index contributed by atoms with van der Waals surface area (Å²) in [6.07, 6.45) is 2.06. The van der Waals surface area contributed by atoms with E-state index in [-0.39, 0.29) is 17.5 Å². The molecule has 0 atom stereocenters. The summed E-state index contributed by atoms with van der Waals surface area (Å²) in [5.41, 5.74) is 0.782. The first-order chi connectivity index (χ1) is 11.7. The highest BCUT2D eigenvalue weighted by Gasteiger charge is 2.14. The molecule has 8 nitrogen and oxygen atoms in total. The van der Waals surface area contributed by atoms with Crippen LogP contribution in [0.4, 0.5) is 0 Å². The zero-order valence-electron chi connectivity index (χ0n) is 12.7. The Balaban J connectivity index is 1.37. The molecule has 24 heavy (non-hydrogen) atoms. The second-order valence-electron chi connectivity index (χ2n) is 4.99. The van der Waals surface area contributed by atoms with Crippen LogP contribution in [0.15, 0.2) is 50.1 Å². The molecule has 2 amide bonds. The third kappa shape index (κ3) is 3.93. The molecule has 2 aromatic heterocycles. The van der Waals surface area contributed by atoms with Crippen molar-refractivity contribution in [3.05, 3.63) is 41.0 Å². The number of rotatable bonds is 7. The van der Waals surface area contributed by atoms with E-state index >= 15 is 0 Å². The molecule has 0 fully saturated rings. The Morgan fingerprint density at radius 3 is 2.79 bits per heavy atom. The maximum Gasteiger partial charge on any atom is 0.273 e. The first kappa shape index (κ1) is 16.1. The Morgan fingerprint density at radius 1 is 1.25 bits per heavy atom. The molecule has 0 unspecified atom stereocenters. The van der Waals surface area contributed by atoms with E-state index in [2.05, 4.69) is 26.0 Å². The lowest BCUT2D eigenvalue weighted by atomic mass is 10.2. The van der Waals surface area contributed by atoms with Crippen molar-refractivity contribution >= 4 is 23.2 Å². The molecule has 0 aromatic carbocycles. The third-order valence-electron chi connectivity index (χ3n) is 3.26. The van der Waals surface area contributed by atoms with Gasteiger partial charge in [-0.3, -0.25) is 9.59 Å². The largest absolute Gasteiger partial charge is 0.355 e. The fourth-order valence-corrected chi connectivity index (χ4v) is 2.69. The second-order valence-corrected chi connectivity index (χ2v) is 5.94. The normalized spacial score (nSPS) is 12.9. The van der Waals surface area contributed by atoms with E-state index in [9.17, 15) is 9.59 Å². The molecule has 0 spiro atoms. The Bertz CT molecular complexity index is 779. The third-order valence-corrected chi connectivity index (χ3v) is 4.14. The van der Waals surface area contributed by atoms with Gasteiger partial charge in [-0.05, 0) is 17.9 Å². The molecule has 0 bridgehead atoms. The summed E-state index contributed by atoms with van der Waals surface area (Å²) in [6, 6.07) is 5.42. The van der Waals surface area contributed by atoms with Crippen molar-refractivity contribution in [3.63, 3.8) is 0 Å². The van der Waals surface area contributed by atoms with E-state index in [4.69, 9.17) is 4.52 Å². The molecular formula is C15H15N5O3S. The predicted octanol–water partition coefficient (Wildman–Crippen LogP) is 1.99. The van der Waals surface area contributed by atoms with Gasteiger partial charge in [0.15, 0.2) is 11.5 Å². The summed E-state index contributed by atoms with van der Waals surface area (Å²) >= 11 is 1.52. The van der Waals surface area contributed by atoms with Gasteiger partial charge in [-0.25, -0.2) is 0 Å². The van der Waals surface area contributed by atoms with Crippen molar-refractivity contribution in [2.45, 2.75) is 6.42 Å². The average molecular weight is 345 g/mol. The molecule has 2 aromatic rings. The van der Waals surface area contributed by atoms with Crippen LogP contribution in [-0.2, 0) is 4.79 Å². The van der Waals surface area contributed by atoms with E-state index in [1.807, 2.05) is 17.5 Å². The van der Waals surface area contributed by atoms with Gasteiger partial charge in [-0.2, -0.15) is 10.2 Å². The van der Waals surface area contributed by atoms with Gasteiger partial charge in [0.05, 0.1) is 23.2 Å². The Morgan fingerprint density at radius 2 is 2.08 bits per heavy atom. The number of nitrogens with one attached hydrogen (secondary N) is 2. The Labute approximate surface area is 141 Å². The van der Waals surface area contributed by atoms with E-state index < -0.39 is 0 Å². The average Bonchev–Trinajstić information content (AvgIpc) is 3.35. The molecule has 0 saturated carbocycles. The number of aromatic nitrogens is 1. The molecule has 2 N–H and O–H groups in total. The van der Waals surface area contributed by atoms with Crippen LogP contribution in [0.5, 0.6) is 0 Å². The van der Waals surface area contributed by atoms with Crippen LogP contribution >= 0.6 is 11.3 Å². The summed E-state index contributed by atoms with van der Waals surface area (Å²) in [5.74, 6) is 0.0930. The molecule has 3 rings (SSSR count). The van der Waals surface area contributed by atoms with Crippen LogP contribution in [0.1, 0.15) is 16.9 Å². The minimum absolute atomic E-state index is 0.177. The lowest BCUT2D eigenvalue weighted by molar-refractivity contribution is -0.117. The molecule has 0 saturated heterocycles. The van der Waals surface area contributed by atoms with Gasteiger partial charge in [0.1, 0.15) is 0 Å². The van der Waals surface area contributed by atoms with Crippen LogP contribution in [0, 0.1) is 0 Å². The molecule has 9 heteroatoms. The standard InChI is InChI=1S/C15H15N5O3S/c21-14(10-8-18-19-9-10)16-4-2-5-17-15(22)11-7-12(23-20-11)13-3-1-6-24-13/h1,3,6-8H,2,4-5,9H2,(H,16,21)(H,17,22). The highest BCUT2D eigenvalue weighted by molar-refractivity contribution is 7.13. The molecule has 0 radical (unpaired) electrons. The lowest BCUT2D eigenvalue weighted by Crippen LogP contribution is -2.30. The van der Waals surface area contributed by atoms with Crippen molar-refractivity contribution in [3.8, 4) is 10.6 Å². The van der Waals surface area contributed by atoms with Crippen molar-refractivity contribution < 1.29 is 14.1 Å². The number of hydrogen-bond donors (Lipinski definition) is 2. The minimum atomic E-state index is -0.302. The zero-order chi connectivity index (χ0) is 16.8. The molecule has 3 heterocycles. The predicted molar refractivity (Wildman–Crippen MR) is 87.6 cm³/mol. The first-order valence-electron chi connectivity index (χ1n) is 7.36. The fourth-order valence-electron chi connectivity index (χ4n) is 2.01. The summed E-state index contributed by atoms with van der Waals surface area (Å²) in [6.45, 7) is 1.20. The van der Waals surface area contributed by atoms with Crippen molar-refractivity contribution in [1.82, 2.24) is 15.8 Å². The smallest absolute Gasteiger partial charge is 0.273 e. The molecule has 124 valence electrons. The van der Waals surface area contributed by atoms with Crippen LogP contribution in [0.2, 0.25) is 0 Å². The van der Waals surface area contributed by atoms with Crippen molar-refractivity contribution in [1.29, 1.82) is 0 Å². The highest BCUT2D eigenvalue weighted by atomic mass is 32.1. The van der Waals surface area contributed by atoms with Gasteiger partial charge < -0.3 is 15.2 Å². The highest BCUT2D eigenvalue weighted by Crippen LogP contribution is 2.24. The van der Waals surface area contributed by atoms with Crippen LogP contribution in [-0.4, -0.2) is 36.6 Å². The SMILES string of the molecule is O=C(NCCCNC(=O)c1cc(-c2cccs2)on1)C1=CN=NC1. The van der Waals surface area contributed by atoms with E-state index in [1.165, 1.54) is 17.5 Å². The van der Waals surface area contributed by atoms with Gasteiger partial charge in [0.25, 0.3) is 11.8 Å². The van der Waals surface area contributed by atoms with Crippen molar-refractivity contribution in [2.24, 2.45) is 10.2 Å². The number of nitrogens with zero attached hydrogens (tertiary/aromatic N) is 3. The number of azo groups is 1. The topological polar surface area (TPSA) is 109 Å². The number of carbonyl (C=O) groups excluding carboxylic acids is 2. The molecule has 1 aliphatic heterocycles. The maximum atomic E-state index is 12.0. The van der Waals surface area contributed by atoms with Gasteiger partial charge in [-0.1, -0.05) is 11.2 Å². The number of hydrogen-bond acceptors (Lipinski definition) is 7. The molecular weight excluding hydrogens is 330 g/mol. The van der Waals surface area contributed by atoms with Gasteiger partial charge in [-0.15, -0.1) is 11.3 Å². The van der Waals surface area contributed by atoms with E-state index in [1.54, 1.807) is 6.07 Å². The quantitative estimate of drug-likeness (QED) is 0.748. The van der Waals surface area contributed by atoms with Crippen LogP contribution < -0.4 is 10.6 Å². The summed E-state index contributed by atoms with van der Waals surface area (Å²) < 4.78 is 5.16. The molecule has 1 aliphatic rings. The van der Waals surface area contributed by atoms with Crippen LogP contribution in [0.3, 0.4) is 0 Å². The second kappa shape index (κ2) is 7.64. The Kier molecular flexibility index (Phi) is 5.12. The number of thiophene rings is 1. The zero-order valence-corrected chi connectivity index (χ0v) is 13.5. The monoisotopic (exact) mass is 345 g/mol. The van der Waals surface area contributed by atoms with E-state index in [0.29, 0.717) is 37.4 Å². The Hall–Kier alpha value is -2.81. The summed E-state index contributed by atoms with van der Waals surface area (Å²) in [7, 11) is 0. The van der Waals surface area contributed by atoms with Crippen LogP contribution in [0.25, 0.3) is 10.6 Å². The summed E-state index contributed by atoms with van der Waals surface area (Å²) in [5, 5.41) is 18.5. The molecule has 0 aliphatic carbocycles. The van der Waals surface area contributed by atoms with Gasteiger partial charge in [0.2, 0.25) is 0 Å². The number of amides is 2. The lowest BCUT2D eigenvalue weighted by Gasteiger charge is -2.05. The first-order valence-corrected chi connectivity index (χ1v) is 8.24. The maximum absolute atomic E-state index is 12.0.